The summed E-state index contributed by atoms with van der Waals surface area (Å²) in [6.07, 6.45) is 4.67. The molecule has 0 bridgehead atoms. The normalized spacial score (nSPS) is 12.5. The second-order valence-corrected chi connectivity index (χ2v) is 7.00. The van der Waals surface area contributed by atoms with E-state index in [0.717, 1.165) is 41.9 Å². The molecule has 0 aromatic heterocycles. The van der Waals surface area contributed by atoms with Crippen molar-refractivity contribution < 1.29 is 18.9 Å². The molecule has 27 heavy (non-hydrogen) atoms. The molecule has 4 nitrogen and oxygen atoms in total. The molecule has 0 N–H and O–H groups in total. The van der Waals surface area contributed by atoms with E-state index in [1.165, 1.54) is 0 Å². The van der Waals surface area contributed by atoms with Gasteiger partial charge in [-0.3, -0.25) is 0 Å². The molecule has 1 aromatic rings. The first-order chi connectivity index (χ1) is 13.0. The second-order valence-electron chi connectivity index (χ2n) is 7.00. The third-order valence-corrected chi connectivity index (χ3v) is 3.81. The molecule has 0 fully saturated rings. The first-order valence-electron chi connectivity index (χ1n) is 9.87. The summed E-state index contributed by atoms with van der Waals surface area (Å²) >= 11 is 0. The summed E-state index contributed by atoms with van der Waals surface area (Å²) in [5, 5.41) is 0. The van der Waals surface area contributed by atoms with Gasteiger partial charge >= 0.3 is 0 Å². The molecule has 0 aliphatic rings. The van der Waals surface area contributed by atoms with Crippen LogP contribution in [0.5, 0.6) is 0 Å². The quantitative estimate of drug-likeness (QED) is 0.315. The predicted octanol–water partition coefficient (Wildman–Crippen LogP) is 5.54. The van der Waals surface area contributed by atoms with Gasteiger partial charge in [-0.25, -0.2) is 0 Å². The largest absolute Gasteiger partial charge is 0.501 e. The van der Waals surface area contributed by atoms with Gasteiger partial charge in [0.1, 0.15) is 6.61 Å². The first-order valence-corrected chi connectivity index (χ1v) is 9.87. The summed E-state index contributed by atoms with van der Waals surface area (Å²) in [4.78, 5) is 0. The van der Waals surface area contributed by atoms with E-state index in [9.17, 15) is 0 Å². The highest BCUT2D eigenvalue weighted by atomic mass is 16.5. The van der Waals surface area contributed by atoms with E-state index in [1.807, 2.05) is 13.2 Å². The minimum atomic E-state index is 0.531. The Labute approximate surface area is 165 Å². The molecule has 0 amide bonds. The van der Waals surface area contributed by atoms with Crippen LogP contribution in [-0.4, -0.2) is 39.6 Å². The number of benzene rings is 1. The average molecular weight is 377 g/mol. The van der Waals surface area contributed by atoms with Crippen molar-refractivity contribution in [3.05, 3.63) is 47.9 Å². The molecule has 0 saturated carbocycles. The molecule has 1 rings (SSSR count). The van der Waals surface area contributed by atoms with Crippen LogP contribution in [0.4, 0.5) is 0 Å². The summed E-state index contributed by atoms with van der Waals surface area (Å²) in [7, 11) is 0. The molecule has 0 aliphatic heterocycles. The molecule has 0 spiro atoms. The number of hydrogen-bond acceptors (Lipinski definition) is 4. The zero-order valence-electron chi connectivity index (χ0n) is 17.6. The average Bonchev–Trinajstić information content (AvgIpc) is 2.66. The van der Waals surface area contributed by atoms with Gasteiger partial charge in [0.25, 0.3) is 0 Å². The van der Waals surface area contributed by atoms with Gasteiger partial charge < -0.3 is 18.9 Å². The zero-order chi connectivity index (χ0) is 19.9. The van der Waals surface area contributed by atoms with Crippen molar-refractivity contribution in [1.82, 2.24) is 0 Å². The highest BCUT2D eigenvalue weighted by Crippen LogP contribution is 2.19. The SMILES string of the molecule is CCCOCCOCCOC=C(C)c1ccc(C(C)=COCC(C)C)cc1. The number of rotatable bonds is 14. The lowest BCUT2D eigenvalue weighted by atomic mass is 10.0. The minimum Gasteiger partial charge on any atom is -0.501 e. The summed E-state index contributed by atoms with van der Waals surface area (Å²) in [6, 6.07) is 8.42. The van der Waals surface area contributed by atoms with E-state index in [-0.39, 0.29) is 0 Å². The fraction of sp³-hybridized carbons (Fsp3) is 0.565. The van der Waals surface area contributed by atoms with Crippen LogP contribution in [0.1, 0.15) is 52.2 Å². The summed E-state index contributed by atoms with van der Waals surface area (Å²) in [6.45, 7) is 14.4. The topological polar surface area (TPSA) is 36.9 Å². The molecule has 1 aromatic carbocycles. The van der Waals surface area contributed by atoms with Gasteiger partial charge in [-0.2, -0.15) is 0 Å². The van der Waals surface area contributed by atoms with Crippen LogP contribution in [0.25, 0.3) is 11.1 Å². The maximum Gasteiger partial charge on any atom is 0.111 e. The van der Waals surface area contributed by atoms with Gasteiger partial charge in [0.05, 0.1) is 39.0 Å². The molecule has 0 atom stereocenters. The van der Waals surface area contributed by atoms with Crippen molar-refractivity contribution in [2.45, 2.75) is 41.0 Å². The summed E-state index contributed by atoms with van der Waals surface area (Å²) in [5.41, 5.74) is 4.52. The number of ether oxygens (including phenoxy) is 4. The molecule has 152 valence electrons. The molecule has 0 unspecified atom stereocenters. The Bertz CT molecular complexity index is 558. The monoisotopic (exact) mass is 376 g/mol. The number of allylic oxidation sites excluding steroid dienone is 2. The van der Waals surface area contributed by atoms with E-state index in [2.05, 4.69) is 52.0 Å². The Morgan fingerprint density at radius 2 is 1.26 bits per heavy atom. The second kappa shape index (κ2) is 14.3. The Morgan fingerprint density at radius 1 is 0.778 bits per heavy atom. The van der Waals surface area contributed by atoms with Crippen molar-refractivity contribution in [2.24, 2.45) is 5.92 Å². The van der Waals surface area contributed by atoms with E-state index >= 15 is 0 Å². The lowest BCUT2D eigenvalue weighted by Gasteiger charge is -2.08. The third-order valence-electron chi connectivity index (χ3n) is 3.81. The van der Waals surface area contributed by atoms with Crippen molar-refractivity contribution >= 4 is 11.1 Å². The van der Waals surface area contributed by atoms with Crippen molar-refractivity contribution in [2.75, 3.05) is 39.6 Å². The third kappa shape index (κ3) is 10.8. The lowest BCUT2D eigenvalue weighted by molar-refractivity contribution is 0.0309. The van der Waals surface area contributed by atoms with Gasteiger partial charge in [-0.05, 0) is 48.5 Å². The Balaban J connectivity index is 2.34. The molecule has 0 radical (unpaired) electrons. The maximum absolute atomic E-state index is 5.59. The zero-order valence-corrected chi connectivity index (χ0v) is 17.6. The molecular formula is C23H36O4. The van der Waals surface area contributed by atoms with Crippen LogP contribution in [0, 0.1) is 5.92 Å². The van der Waals surface area contributed by atoms with Crippen LogP contribution >= 0.6 is 0 Å². The van der Waals surface area contributed by atoms with E-state index in [4.69, 9.17) is 18.9 Å². The fourth-order valence-electron chi connectivity index (χ4n) is 2.25. The number of hydrogen-bond donors (Lipinski definition) is 0. The van der Waals surface area contributed by atoms with Gasteiger partial charge in [-0.15, -0.1) is 0 Å². The van der Waals surface area contributed by atoms with Crippen molar-refractivity contribution in [1.29, 1.82) is 0 Å². The molecule has 0 saturated heterocycles. The maximum atomic E-state index is 5.59. The van der Waals surface area contributed by atoms with Crippen molar-refractivity contribution in [3.63, 3.8) is 0 Å². The minimum absolute atomic E-state index is 0.531. The van der Waals surface area contributed by atoms with Crippen LogP contribution < -0.4 is 0 Å². The predicted molar refractivity (Wildman–Crippen MR) is 112 cm³/mol. The Hall–Kier alpha value is -1.78. The van der Waals surface area contributed by atoms with Gasteiger partial charge in [0, 0.05) is 6.61 Å². The van der Waals surface area contributed by atoms with Gasteiger partial charge in [-0.1, -0.05) is 45.0 Å². The molecular weight excluding hydrogens is 340 g/mol. The smallest absolute Gasteiger partial charge is 0.111 e. The van der Waals surface area contributed by atoms with Crippen LogP contribution in [0.2, 0.25) is 0 Å². The van der Waals surface area contributed by atoms with E-state index in [0.29, 0.717) is 32.3 Å². The first kappa shape index (κ1) is 23.3. The van der Waals surface area contributed by atoms with Gasteiger partial charge in [0.2, 0.25) is 0 Å². The van der Waals surface area contributed by atoms with Crippen LogP contribution in [0.15, 0.2) is 36.8 Å². The van der Waals surface area contributed by atoms with Gasteiger partial charge in [0.15, 0.2) is 0 Å². The molecule has 0 aliphatic carbocycles. The molecule has 0 heterocycles. The lowest BCUT2D eigenvalue weighted by Crippen LogP contribution is -2.08. The molecule has 4 heteroatoms. The standard InChI is InChI=1S/C23H36O4/c1-6-11-24-12-13-25-14-15-26-17-20(4)22-7-9-23(10-8-22)21(5)18-27-16-19(2)3/h7-10,17-19H,6,11-16H2,1-5H3. The van der Waals surface area contributed by atoms with E-state index < -0.39 is 0 Å². The van der Waals surface area contributed by atoms with Crippen molar-refractivity contribution in [3.8, 4) is 0 Å². The Morgan fingerprint density at radius 3 is 1.78 bits per heavy atom. The highest BCUT2D eigenvalue weighted by Gasteiger charge is 2.00. The van der Waals surface area contributed by atoms with Crippen LogP contribution in [-0.2, 0) is 18.9 Å². The highest BCUT2D eigenvalue weighted by molar-refractivity contribution is 5.68. The summed E-state index contributed by atoms with van der Waals surface area (Å²) < 4.78 is 22.0. The summed E-state index contributed by atoms with van der Waals surface area (Å²) in [5.74, 6) is 0.531. The van der Waals surface area contributed by atoms with Crippen LogP contribution in [0.3, 0.4) is 0 Å². The fourth-order valence-corrected chi connectivity index (χ4v) is 2.25. The van der Waals surface area contributed by atoms with E-state index in [1.54, 1.807) is 6.26 Å². The Kier molecular flexibility index (Phi) is 12.3.